The van der Waals surface area contributed by atoms with E-state index < -0.39 is 5.97 Å². The zero-order valence-electron chi connectivity index (χ0n) is 7.49. The first-order chi connectivity index (χ1) is 5.68. The Morgan fingerprint density at radius 2 is 2.17 bits per heavy atom. The van der Waals surface area contributed by atoms with Crippen molar-refractivity contribution in [3.63, 3.8) is 0 Å². The molecule has 0 aromatic rings. The standard InChI is InChI=1S/C10H16O2/c1-6(10(11)12)9-5-7-2-3-8(9)4-7/h6-9H,2-5H2,1H3,(H,11,12)/t6-,7?,8?,9?/m1/s1. The average Bonchev–Trinajstić information content (AvgIpc) is 2.62. The molecular formula is C10H16O2. The van der Waals surface area contributed by atoms with Crippen LogP contribution in [0.3, 0.4) is 0 Å². The van der Waals surface area contributed by atoms with Crippen LogP contribution < -0.4 is 0 Å². The van der Waals surface area contributed by atoms with E-state index in [2.05, 4.69) is 0 Å². The molecule has 2 aliphatic carbocycles. The Kier molecular flexibility index (Phi) is 1.85. The molecule has 0 amide bonds. The van der Waals surface area contributed by atoms with Crippen molar-refractivity contribution in [2.45, 2.75) is 32.6 Å². The van der Waals surface area contributed by atoms with E-state index in [1.807, 2.05) is 6.92 Å². The highest BCUT2D eigenvalue weighted by Crippen LogP contribution is 2.50. The topological polar surface area (TPSA) is 37.3 Å². The van der Waals surface area contributed by atoms with Crippen LogP contribution in [0.4, 0.5) is 0 Å². The van der Waals surface area contributed by atoms with E-state index >= 15 is 0 Å². The minimum atomic E-state index is -0.604. The van der Waals surface area contributed by atoms with Crippen molar-refractivity contribution >= 4 is 5.97 Å². The minimum Gasteiger partial charge on any atom is -0.481 e. The summed E-state index contributed by atoms with van der Waals surface area (Å²) in [5.74, 6) is 1.37. The maximum absolute atomic E-state index is 10.8. The van der Waals surface area contributed by atoms with Crippen molar-refractivity contribution in [1.29, 1.82) is 0 Å². The number of hydrogen-bond donors (Lipinski definition) is 1. The molecule has 1 N–H and O–H groups in total. The Hall–Kier alpha value is -0.530. The lowest BCUT2D eigenvalue weighted by atomic mass is 9.80. The SMILES string of the molecule is C[C@@H](C(=O)O)C1CC2CCC1C2. The molecule has 2 aliphatic rings. The Labute approximate surface area is 73.0 Å². The van der Waals surface area contributed by atoms with Crippen LogP contribution in [0.15, 0.2) is 0 Å². The van der Waals surface area contributed by atoms with Gasteiger partial charge in [-0.1, -0.05) is 13.3 Å². The van der Waals surface area contributed by atoms with E-state index in [9.17, 15) is 4.79 Å². The van der Waals surface area contributed by atoms with Gasteiger partial charge < -0.3 is 5.11 Å². The molecule has 2 bridgehead atoms. The first-order valence-electron chi connectivity index (χ1n) is 4.91. The van der Waals surface area contributed by atoms with Crippen LogP contribution in [0.1, 0.15) is 32.6 Å². The molecule has 0 spiro atoms. The number of fused-ring (bicyclic) bond motifs is 2. The Morgan fingerprint density at radius 1 is 1.42 bits per heavy atom. The summed E-state index contributed by atoms with van der Waals surface area (Å²) >= 11 is 0. The van der Waals surface area contributed by atoms with Gasteiger partial charge in [0, 0.05) is 0 Å². The van der Waals surface area contributed by atoms with Crippen molar-refractivity contribution in [1.82, 2.24) is 0 Å². The highest BCUT2D eigenvalue weighted by Gasteiger charge is 2.43. The molecule has 0 aliphatic heterocycles. The molecule has 2 heteroatoms. The predicted molar refractivity (Wildman–Crippen MR) is 45.7 cm³/mol. The number of carbonyl (C=O) groups is 1. The monoisotopic (exact) mass is 168 g/mol. The number of rotatable bonds is 2. The third-order valence-electron chi connectivity index (χ3n) is 3.82. The summed E-state index contributed by atoms with van der Waals surface area (Å²) in [5.41, 5.74) is 0. The van der Waals surface area contributed by atoms with E-state index in [-0.39, 0.29) is 5.92 Å². The molecule has 0 saturated heterocycles. The zero-order chi connectivity index (χ0) is 8.72. The second-order valence-electron chi connectivity index (χ2n) is 4.47. The molecule has 68 valence electrons. The summed E-state index contributed by atoms with van der Waals surface area (Å²) in [6.45, 7) is 1.87. The van der Waals surface area contributed by atoms with Gasteiger partial charge in [0.05, 0.1) is 5.92 Å². The fourth-order valence-electron chi connectivity index (χ4n) is 3.09. The molecule has 4 atom stereocenters. The first-order valence-corrected chi connectivity index (χ1v) is 4.91. The number of hydrogen-bond acceptors (Lipinski definition) is 1. The van der Waals surface area contributed by atoms with Crippen molar-refractivity contribution in [3.05, 3.63) is 0 Å². The van der Waals surface area contributed by atoms with Gasteiger partial charge in [-0.25, -0.2) is 0 Å². The number of carboxylic acid groups (broad SMARTS) is 1. The number of aliphatic carboxylic acids is 1. The van der Waals surface area contributed by atoms with Gasteiger partial charge in [-0.15, -0.1) is 0 Å². The molecular weight excluding hydrogens is 152 g/mol. The highest BCUT2D eigenvalue weighted by molar-refractivity contribution is 5.70. The molecule has 3 unspecified atom stereocenters. The summed E-state index contributed by atoms with van der Waals surface area (Å²) in [6, 6.07) is 0. The molecule has 2 saturated carbocycles. The van der Waals surface area contributed by atoms with Crippen LogP contribution in [-0.4, -0.2) is 11.1 Å². The fourth-order valence-corrected chi connectivity index (χ4v) is 3.09. The quantitative estimate of drug-likeness (QED) is 0.686. The molecule has 0 radical (unpaired) electrons. The lowest BCUT2D eigenvalue weighted by Crippen LogP contribution is -2.25. The van der Waals surface area contributed by atoms with E-state index in [1.54, 1.807) is 0 Å². The molecule has 0 heterocycles. The predicted octanol–water partition coefficient (Wildman–Crippen LogP) is 2.14. The molecule has 2 fully saturated rings. The second kappa shape index (κ2) is 2.75. The molecule has 12 heavy (non-hydrogen) atoms. The summed E-state index contributed by atoms with van der Waals surface area (Å²) < 4.78 is 0. The van der Waals surface area contributed by atoms with Gasteiger partial charge >= 0.3 is 5.97 Å². The van der Waals surface area contributed by atoms with E-state index in [4.69, 9.17) is 5.11 Å². The summed E-state index contributed by atoms with van der Waals surface area (Å²) in [6.07, 6.45) is 5.13. The van der Waals surface area contributed by atoms with Gasteiger partial charge in [-0.2, -0.15) is 0 Å². The van der Waals surface area contributed by atoms with Crippen LogP contribution in [-0.2, 0) is 4.79 Å². The maximum Gasteiger partial charge on any atom is 0.306 e. The summed E-state index contributed by atoms with van der Waals surface area (Å²) in [5, 5.41) is 8.87. The normalized spacial score (nSPS) is 41.6. The first kappa shape index (κ1) is 8.09. The minimum absolute atomic E-state index is 0.111. The van der Waals surface area contributed by atoms with Gasteiger partial charge in [-0.05, 0) is 37.0 Å². The molecule has 2 rings (SSSR count). The van der Waals surface area contributed by atoms with Crippen LogP contribution in [0.2, 0.25) is 0 Å². The largest absolute Gasteiger partial charge is 0.481 e. The van der Waals surface area contributed by atoms with E-state index in [0.29, 0.717) is 5.92 Å². The van der Waals surface area contributed by atoms with Gasteiger partial charge in [0.2, 0.25) is 0 Å². The van der Waals surface area contributed by atoms with Crippen LogP contribution in [0.5, 0.6) is 0 Å². The lowest BCUT2D eigenvalue weighted by molar-refractivity contribution is -0.143. The second-order valence-corrected chi connectivity index (χ2v) is 4.47. The van der Waals surface area contributed by atoms with Crippen molar-refractivity contribution in [2.75, 3.05) is 0 Å². The average molecular weight is 168 g/mol. The Balaban J connectivity index is 2.02. The summed E-state index contributed by atoms with van der Waals surface area (Å²) in [4.78, 5) is 10.8. The van der Waals surface area contributed by atoms with Crippen LogP contribution >= 0.6 is 0 Å². The van der Waals surface area contributed by atoms with Gasteiger partial charge in [-0.3, -0.25) is 4.79 Å². The fraction of sp³-hybridized carbons (Fsp3) is 0.900. The van der Waals surface area contributed by atoms with E-state index in [1.165, 1.54) is 25.7 Å². The van der Waals surface area contributed by atoms with Crippen molar-refractivity contribution in [3.8, 4) is 0 Å². The van der Waals surface area contributed by atoms with E-state index in [0.717, 1.165) is 11.8 Å². The lowest BCUT2D eigenvalue weighted by Gasteiger charge is -2.24. The van der Waals surface area contributed by atoms with Crippen LogP contribution in [0, 0.1) is 23.7 Å². The maximum atomic E-state index is 10.8. The summed E-state index contributed by atoms with van der Waals surface area (Å²) in [7, 11) is 0. The third-order valence-corrected chi connectivity index (χ3v) is 3.82. The van der Waals surface area contributed by atoms with Crippen LogP contribution in [0.25, 0.3) is 0 Å². The van der Waals surface area contributed by atoms with Gasteiger partial charge in [0.1, 0.15) is 0 Å². The molecule has 2 nitrogen and oxygen atoms in total. The van der Waals surface area contributed by atoms with Gasteiger partial charge in [0.15, 0.2) is 0 Å². The van der Waals surface area contributed by atoms with Gasteiger partial charge in [0.25, 0.3) is 0 Å². The number of carboxylic acids is 1. The highest BCUT2D eigenvalue weighted by atomic mass is 16.4. The molecule has 0 aromatic carbocycles. The molecule has 0 aromatic heterocycles. The Morgan fingerprint density at radius 3 is 2.58 bits per heavy atom. The smallest absolute Gasteiger partial charge is 0.306 e. The Bertz CT molecular complexity index is 200. The van der Waals surface area contributed by atoms with Crippen molar-refractivity contribution < 1.29 is 9.90 Å². The third kappa shape index (κ3) is 1.13. The van der Waals surface area contributed by atoms with Crippen molar-refractivity contribution in [2.24, 2.45) is 23.7 Å². The zero-order valence-corrected chi connectivity index (χ0v) is 7.49.